The van der Waals surface area contributed by atoms with Gasteiger partial charge in [-0.25, -0.2) is 0 Å². The predicted molar refractivity (Wildman–Crippen MR) is 76.2 cm³/mol. The van der Waals surface area contributed by atoms with Crippen molar-refractivity contribution < 1.29 is 9.53 Å². The van der Waals surface area contributed by atoms with Crippen molar-refractivity contribution in [2.24, 2.45) is 0 Å². The minimum Gasteiger partial charge on any atom is -0.379 e. The van der Waals surface area contributed by atoms with Crippen LogP contribution in [0.5, 0.6) is 0 Å². The molecule has 1 aliphatic rings. The summed E-state index contributed by atoms with van der Waals surface area (Å²) in [6.45, 7) is 6.05. The molecule has 0 atom stereocenters. The van der Waals surface area contributed by atoms with E-state index in [0.29, 0.717) is 19.6 Å². The largest absolute Gasteiger partial charge is 0.379 e. The summed E-state index contributed by atoms with van der Waals surface area (Å²) in [4.78, 5) is 18.0. The lowest BCUT2D eigenvalue weighted by molar-refractivity contribution is -0.120. The zero-order valence-corrected chi connectivity index (χ0v) is 11.7. The van der Waals surface area contributed by atoms with Gasteiger partial charge in [-0.05, 0) is 11.6 Å². The van der Waals surface area contributed by atoms with Gasteiger partial charge in [0, 0.05) is 45.1 Å². The minimum atomic E-state index is 0.0298. The second kappa shape index (κ2) is 8.63. The third-order valence-corrected chi connectivity index (χ3v) is 3.19. The van der Waals surface area contributed by atoms with E-state index in [0.717, 1.165) is 38.4 Å². The molecule has 1 aliphatic heterocycles. The second-order valence-electron chi connectivity index (χ2n) is 4.77. The highest BCUT2D eigenvalue weighted by Crippen LogP contribution is 1.95. The highest BCUT2D eigenvalue weighted by atomic mass is 16.5. The number of hydrogen-bond acceptors (Lipinski definition) is 5. The van der Waals surface area contributed by atoms with Gasteiger partial charge in [0.1, 0.15) is 0 Å². The summed E-state index contributed by atoms with van der Waals surface area (Å²) in [7, 11) is 0. The van der Waals surface area contributed by atoms with Crippen molar-refractivity contribution in [1.82, 2.24) is 20.5 Å². The van der Waals surface area contributed by atoms with Crippen molar-refractivity contribution >= 4 is 5.91 Å². The van der Waals surface area contributed by atoms with Gasteiger partial charge in [0.05, 0.1) is 19.8 Å². The van der Waals surface area contributed by atoms with Crippen LogP contribution in [0.25, 0.3) is 0 Å². The Bertz CT molecular complexity index is 393. The number of aromatic nitrogens is 1. The lowest BCUT2D eigenvalue weighted by Crippen LogP contribution is -2.42. The number of carbonyl (C=O) groups excluding carboxylic acids is 1. The minimum absolute atomic E-state index is 0.0298. The van der Waals surface area contributed by atoms with Crippen molar-refractivity contribution in [2.75, 3.05) is 45.9 Å². The topological polar surface area (TPSA) is 66.5 Å². The molecule has 6 heteroatoms. The van der Waals surface area contributed by atoms with E-state index >= 15 is 0 Å². The Morgan fingerprint density at radius 3 is 3.00 bits per heavy atom. The van der Waals surface area contributed by atoms with Gasteiger partial charge in [0.15, 0.2) is 0 Å². The van der Waals surface area contributed by atoms with Gasteiger partial charge < -0.3 is 15.4 Å². The smallest absolute Gasteiger partial charge is 0.234 e. The third kappa shape index (κ3) is 5.64. The molecule has 1 aromatic rings. The van der Waals surface area contributed by atoms with Crippen LogP contribution >= 0.6 is 0 Å². The molecule has 6 nitrogen and oxygen atoms in total. The monoisotopic (exact) mass is 278 g/mol. The van der Waals surface area contributed by atoms with Crippen LogP contribution in [0.3, 0.4) is 0 Å². The van der Waals surface area contributed by atoms with E-state index in [1.54, 1.807) is 12.4 Å². The van der Waals surface area contributed by atoms with Crippen LogP contribution < -0.4 is 10.6 Å². The van der Waals surface area contributed by atoms with Crippen LogP contribution in [-0.4, -0.2) is 61.7 Å². The van der Waals surface area contributed by atoms with Gasteiger partial charge >= 0.3 is 0 Å². The SMILES string of the molecule is O=C(CNCc1cccnc1)NCCN1CCOCC1. The zero-order chi connectivity index (χ0) is 14.0. The van der Waals surface area contributed by atoms with Gasteiger partial charge in [-0.2, -0.15) is 0 Å². The maximum absolute atomic E-state index is 11.6. The van der Waals surface area contributed by atoms with Crippen molar-refractivity contribution in [1.29, 1.82) is 0 Å². The molecule has 0 radical (unpaired) electrons. The second-order valence-corrected chi connectivity index (χ2v) is 4.77. The number of nitrogens with one attached hydrogen (secondary N) is 2. The maximum Gasteiger partial charge on any atom is 0.234 e. The average molecular weight is 278 g/mol. The lowest BCUT2D eigenvalue weighted by Gasteiger charge is -2.26. The molecule has 0 aromatic carbocycles. The van der Waals surface area contributed by atoms with Gasteiger partial charge in [0.2, 0.25) is 5.91 Å². The fourth-order valence-electron chi connectivity index (χ4n) is 2.06. The molecule has 0 saturated carbocycles. The number of ether oxygens (including phenoxy) is 1. The molecule has 1 aromatic heterocycles. The van der Waals surface area contributed by atoms with Crippen molar-refractivity contribution in [2.45, 2.75) is 6.54 Å². The van der Waals surface area contributed by atoms with Crippen LogP contribution in [0.1, 0.15) is 5.56 Å². The highest BCUT2D eigenvalue weighted by molar-refractivity contribution is 5.77. The molecule has 1 saturated heterocycles. The number of pyridine rings is 1. The molecule has 0 unspecified atom stereocenters. The quantitative estimate of drug-likeness (QED) is 0.712. The molecule has 110 valence electrons. The summed E-state index contributed by atoms with van der Waals surface area (Å²) in [6, 6.07) is 3.87. The summed E-state index contributed by atoms with van der Waals surface area (Å²) in [5.74, 6) is 0.0298. The Morgan fingerprint density at radius 1 is 1.40 bits per heavy atom. The summed E-state index contributed by atoms with van der Waals surface area (Å²) in [6.07, 6.45) is 3.53. The zero-order valence-electron chi connectivity index (χ0n) is 11.7. The number of hydrogen-bond donors (Lipinski definition) is 2. The van der Waals surface area contributed by atoms with E-state index in [1.807, 2.05) is 12.1 Å². The van der Waals surface area contributed by atoms with E-state index < -0.39 is 0 Å². The van der Waals surface area contributed by atoms with Gasteiger partial charge in [-0.15, -0.1) is 0 Å². The van der Waals surface area contributed by atoms with Crippen molar-refractivity contribution in [3.63, 3.8) is 0 Å². The molecular weight excluding hydrogens is 256 g/mol. The maximum atomic E-state index is 11.6. The van der Waals surface area contributed by atoms with Crippen molar-refractivity contribution in [3.05, 3.63) is 30.1 Å². The van der Waals surface area contributed by atoms with Gasteiger partial charge in [-0.1, -0.05) is 6.07 Å². The molecule has 1 fully saturated rings. The highest BCUT2D eigenvalue weighted by Gasteiger charge is 2.09. The summed E-state index contributed by atoms with van der Waals surface area (Å²) < 4.78 is 5.28. The van der Waals surface area contributed by atoms with Crippen molar-refractivity contribution in [3.8, 4) is 0 Å². The van der Waals surface area contributed by atoms with Crippen LogP contribution in [0.15, 0.2) is 24.5 Å². The Kier molecular flexibility index (Phi) is 6.43. The Hall–Kier alpha value is -1.50. The first kappa shape index (κ1) is 14.9. The van der Waals surface area contributed by atoms with Crippen LogP contribution in [0.4, 0.5) is 0 Å². The molecule has 0 aliphatic carbocycles. The molecule has 2 N–H and O–H groups in total. The Morgan fingerprint density at radius 2 is 2.25 bits per heavy atom. The van der Waals surface area contributed by atoms with E-state index in [4.69, 9.17) is 4.74 Å². The number of rotatable bonds is 7. The number of morpholine rings is 1. The molecule has 2 rings (SSSR count). The molecular formula is C14H22N4O2. The first-order valence-electron chi connectivity index (χ1n) is 7.01. The normalized spacial score (nSPS) is 16.0. The number of amides is 1. The van der Waals surface area contributed by atoms with E-state index in [1.165, 1.54) is 0 Å². The Balaban J connectivity index is 1.52. The summed E-state index contributed by atoms with van der Waals surface area (Å²) >= 11 is 0. The summed E-state index contributed by atoms with van der Waals surface area (Å²) in [5.41, 5.74) is 1.08. The molecule has 1 amide bonds. The number of nitrogens with zero attached hydrogens (tertiary/aromatic N) is 2. The first-order valence-corrected chi connectivity index (χ1v) is 7.01. The standard InChI is InChI=1S/C14H22N4O2/c19-14(12-16-11-13-2-1-3-15-10-13)17-4-5-18-6-8-20-9-7-18/h1-3,10,16H,4-9,11-12H2,(H,17,19). The van der Waals surface area contributed by atoms with Crippen LogP contribution in [0, 0.1) is 0 Å². The first-order chi connectivity index (χ1) is 9.84. The molecule has 20 heavy (non-hydrogen) atoms. The Labute approximate surface area is 119 Å². The molecule has 0 bridgehead atoms. The molecule has 0 spiro atoms. The third-order valence-electron chi connectivity index (χ3n) is 3.19. The van der Waals surface area contributed by atoms with E-state index in [9.17, 15) is 4.79 Å². The number of carbonyl (C=O) groups is 1. The van der Waals surface area contributed by atoms with E-state index in [-0.39, 0.29) is 5.91 Å². The van der Waals surface area contributed by atoms with Gasteiger partial charge in [0.25, 0.3) is 0 Å². The summed E-state index contributed by atoms with van der Waals surface area (Å²) in [5, 5.41) is 6.02. The predicted octanol–water partition coefficient (Wildman–Crippen LogP) is -0.380. The van der Waals surface area contributed by atoms with Crippen LogP contribution in [-0.2, 0) is 16.1 Å². The van der Waals surface area contributed by atoms with Crippen LogP contribution in [0.2, 0.25) is 0 Å². The molecule has 2 heterocycles. The fourth-order valence-corrected chi connectivity index (χ4v) is 2.06. The van der Waals surface area contributed by atoms with Gasteiger partial charge in [-0.3, -0.25) is 14.7 Å². The lowest BCUT2D eigenvalue weighted by atomic mass is 10.3. The average Bonchev–Trinajstić information content (AvgIpc) is 2.49. The van der Waals surface area contributed by atoms with E-state index in [2.05, 4.69) is 20.5 Å². The fraction of sp³-hybridized carbons (Fsp3) is 0.571.